The number of ketones is 1. The van der Waals surface area contributed by atoms with E-state index in [1.54, 1.807) is 0 Å². The first-order valence-electron chi connectivity index (χ1n) is 10.2. The monoisotopic (exact) mass is 346 g/mol. The number of hydrogen-bond acceptors (Lipinski definition) is 4. The molecule has 0 aromatic rings. The van der Waals surface area contributed by atoms with E-state index in [1.165, 1.54) is 6.92 Å². The van der Waals surface area contributed by atoms with Crippen molar-refractivity contribution in [3.05, 3.63) is 0 Å². The van der Waals surface area contributed by atoms with Crippen LogP contribution in [-0.2, 0) is 19.1 Å². The minimum atomic E-state index is -0.172. The third-order valence-corrected chi connectivity index (χ3v) is 9.08. The highest BCUT2D eigenvalue weighted by Crippen LogP contribution is 2.73. The number of Topliss-reactive ketones (excluding diaryl/α,β-unsaturated/α-hetero) is 1. The Kier molecular flexibility index (Phi) is 3.18. The van der Waals surface area contributed by atoms with Crippen LogP contribution in [0.25, 0.3) is 0 Å². The van der Waals surface area contributed by atoms with Gasteiger partial charge in [-0.05, 0) is 56.3 Å². The third kappa shape index (κ3) is 1.92. The van der Waals surface area contributed by atoms with Crippen LogP contribution in [0.4, 0.5) is 0 Å². The van der Waals surface area contributed by atoms with E-state index in [0.29, 0.717) is 29.6 Å². The molecule has 0 aromatic heterocycles. The Hall–Kier alpha value is -0.900. The fourth-order valence-electron chi connectivity index (χ4n) is 7.75. The molecule has 5 aliphatic rings. The first kappa shape index (κ1) is 16.3. The van der Waals surface area contributed by atoms with Gasteiger partial charge in [-0.2, -0.15) is 0 Å². The second-order valence-electron chi connectivity index (χ2n) is 9.92. The predicted octanol–water partition coefficient (Wildman–Crippen LogP) is 3.66. The van der Waals surface area contributed by atoms with Crippen molar-refractivity contribution in [1.29, 1.82) is 0 Å². The van der Waals surface area contributed by atoms with E-state index >= 15 is 0 Å². The van der Waals surface area contributed by atoms with Crippen molar-refractivity contribution < 1.29 is 19.1 Å². The molecule has 1 spiro atoms. The quantitative estimate of drug-likeness (QED) is 0.537. The van der Waals surface area contributed by atoms with Crippen molar-refractivity contribution in [3.63, 3.8) is 0 Å². The van der Waals surface area contributed by atoms with Gasteiger partial charge in [0.1, 0.15) is 17.5 Å². The lowest BCUT2D eigenvalue weighted by atomic mass is 9.45. The molecule has 4 heteroatoms. The van der Waals surface area contributed by atoms with Gasteiger partial charge in [0.15, 0.2) is 0 Å². The lowest BCUT2D eigenvalue weighted by Gasteiger charge is -2.58. The maximum atomic E-state index is 12.5. The Labute approximate surface area is 150 Å². The van der Waals surface area contributed by atoms with E-state index < -0.39 is 0 Å². The van der Waals surface area contributed by atoms with E-state index in [-0.39, 0.29) is 28.5 Å². The molecule has 4 nitrogen and oxygen atoms in total. The molecule has 0 bridgehead atoms. The van der Waals surface area contributed by atoms with Crippen LogP contribution < -0.4 is 0 Å². The first-order chi connectivity index (χ1) is 11.8. The first-order valence-corrected chi connectivity index (χ1v) is 10.2. The second-order valence-corrected chi connectivity index (χ2v) is 9.92. The van der Waals surface area contributed by atoms with Crippen LogP contribution in [0, 0.1) is 28.6 Å². The average Bonchev–Trinajstić information content (AvgIpc) is 3.15. The van der Waals surface area contributed by atoms with Crippen molar-refractivity contribution in [3.8, 4) is 0 Å². The summed E-state index contributed by atoms with van der Waals surface area (Å²) >= 11 is 0. The fraction of sp³-hybridized carbons (Fsp3) is 0.905. The largest absolute Gasteiger partial charge is 0.462 e. The maximum absolute atomic E-state index is 12.5. The molecule has 1 heterocycles. The summed E-state index contributed by atoms with van der Waals surface area (Å²) in [4.78, 5) is 23.9. The van der Waals surface area contributed by atoms with Crippen LogP contribution >= 0.6 is 0 Å². The lowest BCUT2D eigenvalue weighted by molar-refractivity contribution is -0.157. The summed E-state index contributed by atoms with van der Waals surface area (Å²) in [7, 11) is 0. The van der Waals surface area contributed by atoms with Crippen LogP contribution in [0.5, 0.6) is 0 Å². The number of fused-ring (bicyclic) bond motifs is 4. The smallest absolute Gasteiger partial charge is 0.302 e. The molecule has 0 amide bonds. The molecule has 1 aliphatic heterocycles. The number of hydrogen-bond donors (Lipinski definition) is 0. The molecule has 5 rings (SSSR count). The molecular formula is C21H30O4. The zero-order chi connectivity index (χ0) is 17.6. The molecule has 0 radical (unpaired) electrons. The minimum Gasteiger partial charge on any atom is -0.462 e. The molecule has 0 N–H and O–H groups in total. The number of carbonyl (C=O) groups is 2. The van der Waals surface area contributed by atoms with E-state index in [1.807, 2.05) is 0 Å². The number of epoxide rings is 1. The average molecular weight is 346 g/mol. The SMILES string of the molecule is CC(=O)O[C@@H]1CC[C@@]2(C)[C@@H]3CC[C@]4(C)C(=O)CC[C@@H]4[C@@H]3C[C@@H]3O[C@@]32C1. The van der Waals surface area contributed by atoms with Crippen molar-refractivity contribution in [1.82, 2.24) is 0 Å². The third-order valence-electron chi connectivity index (χ3n) is 9.08. The normalized spacial score (nSPS) is 56.3. The van der Waals surface area contributed by atoms with Crippen molar-refractivity contribution in [2.75, 3.05) is 0 Å². The Morgan fingerprint density at radius 2 is 1.96 bits per heavy atom. The van der Waals surface area contributed by atoms with E-state index in [4.69, 9.17) is 9.47 Å². The molecule has 0 unspecified atom stereocenters. The Balaban J connectivity index is 1.44. The minimum absolute atomic E-state index is 0.0223. The van der Waals surface area contributed by atoms with E-state index in [2.05, 4.69) is 13.8 Å². The summed E-state index contributed by atoms with van der Waals surface area (Å²) in [5, 5.41) is 0. The van der Waals surface area contributed by atoms with Crippen LogP contribution in [-0.4, -0.2) is 29.6 Å². The number of carbonyl (C=O) groups excluding carboxylic acids is 2. The molecule has 0 aromatic carbocycles. The highest BCUT2D eigenvalue weighted by atomic mass is 16.6. The van der Waals surface area contributed by atoms with E-state index in [9.17, 15) is 9.59 Å². The van der Waals surface area contributed by atoms with Gasteiger partial charge in [0.25, 0.3) is 0 Å². The van der Waals surface area contributed by atoms with Gasteiger partial charge in [-0.3, -0.25) is 9.59 Å². The summed E-state index contributed by atoms with van der Waals surface area (Å²) in [6, 6.07) is 0. The molecule has 4 saturated carbocycles. The van der Waals surface area contributed by atoms with Crippen LogP contribution in [0.15, 0.2) is 0 Å². The van der Waals surface area contributed by atoms with E-state index in [0.717, 1.165) is 51.4 Å². The second kappa shape index (κ2) is 4.88. The summed E-state index contributed by atoms with van der Waals surface area (Å²) in [6.07, 6.45) is 8.45. The van der Waals surface area contributed by atoms with Crippen molar-refractivity contribution in [2.45, 2.75) is 89.9 Å². The molecule has 138 valence electrons. The maximum Gasteiger partial charge on any atom is 0.302 e. The Bertz CT molecular complexity index is 644. The molecule has 8 atom stereocenters. The molecule has 1 saturated heterocycles. The zero-order valence-electron chi connectivity index (χ0n) is 15.7. The molecule has 4 aliphatic carbocycles. The Morgan fingerprint density at radius 3 is 2.72 bits per heavy atom. The highest BCUT2D eigenvalue weighted by Gasteiger charge is 2.76. The van der Waals surface area contributed by atoms with Gasteiger partial charge >= 0.3 is 5.97 Å². The van der Waals surface area contributed by atoms with Crippen molar-refractivity contribution in [2.24, 2.45) is 28.6 Å². The van der Waals surface area contributed by atoms with Crippen molar-refractivity contribution >= 4 is 11.8 Å². The van der Waals surface area contributed by atoms with Crippen LogP contribution in [0.1, 0.15) is 72.1 Å². The standard InChI is InChI=1S/C21H30O4/c1-12(22)24-13-6-9-20(3)16-7-8-19(2)15(4-5-17(19)23)14(16)10-18-21(20,11-13)25-18/h13-16,18H,4-11H2,1-3H3/t13-,14+,15-,16-,18+,19+,20+,21+/m1/s1. The fourth-order valence-corrected chi connectivity index (χ4v) is 7.75. The molecule has 25 heavy (non-hydrogen) atoms. The highest BCUT2D eigenvalue weighted by molar-refractivity contribution is 5.87. The van der Waals surface area contributed by atoms with Gasteiger partial charge in [-0.15, -0.1) is 0 Å². The van der Waals surface area contributed by atoms with Gasteiger partial charge in [0.05, 0.1) is 6.10 Å². The summed E-state index contributed by atoms with van der Waals surface area (Å²) in [6.45, 7) is 6.18. The van der Waals surface area contributed by atoms with Gasteiger partial charge in [-0.1, -0.05) is 13.8 Å². The van der Waals surface area contributed by atoms with Gasteiger partial charge in [-0.25, -0.2) is 0 Å². The van der Waals surface area contributed by atoms with Gasteiger partial charge in [0.2, 0.25) is 0 Å². The molecule has 5 fully saturated rings. The van der Waals surface area contributed by atoms with Crippen LogP contribution in [0.2, 0.25) is 0 Å². The van der Waals surface area contributed by atoms with Gasteiger partial charge in [0, 0.05) is 30.6 Å². The van der Waals surface area contributed by atoms with Crippen LogP contribution in [0.3, 0.4) is 0 Å². The predicted molar refractivity (Wildman–Crippen MR) is 91.8 cm³/mol. The molecular weight excluding hydrogens is 316 g/mol. The topological polar surface area (TPSA) is 55.9 Å². The number of esters is 1. The Morgan fingerprint density at radius 1 is 1.16 bits per heavy atom. The number of rotatable bonds is 1. The lowest BCUT2D eigenvalue weighted by Crippen LogP contribution is -2.58. The summed E-state index contributed by atoms with van der Waals surface area (Å²) in [5.41, 5.74) is 0.0500. The zero-order valence-corrected chi connectivity index (χ0v) is 15.7. The summed E-state index contributed by atoms with van der Waals surface area (Å²) in [5.74, 6) is 2.19. The van der Waals surface area contributed by atoms with Gasteiger partial charge < -0.3 is 9.47 Å². The summed E-state index contributed by atoms with van der Waals surface area (Å²) < 4.78 is 12.0. The number of ether oxygens (including phenoxy) is 2.